The monoisotopic (exact) mass is 433 g/mol. The Hall–Kier alpha value is -3.52. The highest BCUT2D eigenvalue weighted by Crippen LogP contribution is 2.31. The summed E-state index contributed by atoms with van der Waals surface area (Å²) >= 11 is 0. The van der Waals surface area contributed by atoms with Crippen LogP contribution >= 0.6 is 0 Å². The summed E-state index contributed by atoms with van der Waals surface area (Å²) in [6.45, 7) is 1.43. The van der Waals surface area contributed by atoms with Crippen LogP contribution in [0.4, 0.5) is 14.5 Å². The van der Waals surface area contributed by atoms with Gasteiger partial charge in [0.2, 0.25) is 16.0 Å². The van der Waals surface area contributed by atoms with Crippen molar-refractivity contribution in [3.05, 3.63) is 64.7 Å². The maximum Gasteiger partial charge on any atom is 0.258 e. The summed E-state index contributed by atoms with van der Waals surface area (Å²) in [6, 6.07) is 8.64. The number of benzene rings is 2. The molecule has 0 unspecified atom stereocenters. The number of nitrogens with zero attached hydrogens (tertiary/aromatic N) is 2. The fourth-order valence-corrected chi connectivity index (χ4v) is 4.59. The van der Waals surface area contributed by atoms with Gasteiger partial charge in [-0.2, -0.15) is 5.26 Å². The van der Waals surface area contributed by atoms with Crippen LogP contribution in [0.1, 0.15) is 28.4 Å². The van der Waals surface area contributed by atoms with E-state index in [9.17, 15) is 22.0 Å². The van der Waals surface area contributed by atoms with Crippen molar-refractivity contribution in [2.45, 2.75) is 12.5 Å². The summed E-state index contributed by atoms with van der Waals surface area (Å²) in [7, 11) is -2.65. The number of amides is 1. The van der Waals surface area contributed by atoms with Crippen LogP contribution in [0.3, 0.4) is 0 Å². The number of hydrogen-bond donors (Lipinski definition) is 3. The molecule has 1 amide bonds. The van der Waals surface area contributed by atoms with Gasteiger partial charge in [-0.1, -0.05) is 0 Å². The largest absolute Gasteiger partial charge is 0.345 e. The summed E-state index contributed by atoms with van der Waals surface area (Å²) < 4.78 is 54.0. The van der Waals surface area contributed by atoms with Crippen molar-refractivity contribution in [2.75, 3.05) is 18.1 Å². The van der Waals surface area contributed by atoms with E-state index >= 15 is 0 Å². The van der Waals surface area contributed by atoms with Crippen molar-refractivity contribution < 1.29 is 22.0 Å². The lowest BCUT2D eigenvalue weighted by Crippen LogP contribution is -2.61. The molecule has 1 aliphatic rings. The van der Waals surface area contributed by atoms with E-state index in [0.29, 0.717) is 0 Å². The molecule has 2 aromatic carbocycles. The van der Waals surface area contributed by atoms with E-state index in [2.05, 4.69) is 10.6 Å². The summed E-state index contributed by atoms with van der Waals surface area (Å²) in [5, 5.41) is 21.7. The predicted octanol–water partition coefficient (Wildman–Crippen LogP) is 2.10. The van der Waals surface area contributed by atoms with E-state index in [1.54, 1.807) is 6.07 Å². The number of anilines is 1. The number of carbonyl (C=O) groups is 1. The van der Waals surface area contributed by atoms with Gasteiger partial charge in [0.25, 0.3) is 5.91 Å². The average molecular weight is 433 g/mol. The van der Waals surface area contributed by atoms with Crippen LogP contribution in [-0.4, -0.2) is 37.4 Å². The maximum absolute atomic E-state index is 14.6. The molecule has 0 spiro atoms. The summed E-state index contributed by atoms with van der Waals surface area (Å²) in [6.07, 6.45) is 0. The molecular formula is C19H17F2N5O3S. The number of rotatable bonds is 3. The smallest absolute Gasteiger partial charge is 0.258 e. The lowest BCUT2D eigenvalue weighted by molar-refractivity contribution is 0.102. The number of nitriles is 1. The van der Waals surface area contributed by atoms with Crippen LogP contribution in [0.5, 0.6) is 0 Å². The lowest BCUT2D eigenvalue weighted by Gasteiger charge is -2.40. The molecule has 1 atom stereocenters. The van der Waals surface area contributed by atoms with Crippen LogP contribution in [0.2, 0.25) is 0 Å². The fourth-order valence-electron chi connectivity index (χ4n) is 3.12. The average Bonchev–Trinajstić information content (AvgIpc) is 2.66. The SMILES string of the molecule is CN1C(=N)N[C@](C)(c2cc(NC(=O)c3ccc(C#N)cc3F)ccc2F)CS1(=O)=O. The standard InChI is InChI=1S/C19H17F2N5O3S/c1-19(10-30(28,29)26(2)18(23)25-19)14-8-12(4-6-15(14)20)24-17(27)13-5-3-11(9-22)7-16(13)21/h3-8H,10H2,1-2H3,(H2,23,25)(H,24,27)/t19-/m0/s1. The summed E-state index contributed by atoms with van der Waals surface area (Å²) in [4.78, 5) is 12.4. The van der Waals surface area contributed by atoms with Crippen molar-refractivity contribution in [1.82, 2.24) is 9.62 Å². The van der Waals surface area contributed by atoms with Gasteiger partial charge in [0, 0.05) is 18.3 Å². The van der Waals surface area contributed by atoms with Gasteiger partial charge in [-0.05, 0) is 43.3 Å². The Bertz CT molecular complexity index is 1210. The van der Waals surface area contributed by atoms with Gasteiger partial charge < -0.3 is 10.6 Å². The van der Waals surface area contributed by atoms with Crippen LogP contribution in [0.25, 0.3) is 0 Å². The molecule has 0 bridgehead atoms. The third kappa shape index (κ3) is 3.81. The predicted molar refractivity (Wildman–Crippen MR) is 105 cm³/mol. The number of sulfonamides is 1. The Morgan fingerprint density at radius 3 is 2.57 bits per heavy atom. The molecule has 156 valence electrons. The van der Waals surface area contributed by atoms with E-state index < -0.39 is 44.8 Å². The van der Waals surface area contributed by atoms with Crippen molar-refractivity contribution >= 4 is 27.6 Å². The third-order valence-corrected chi connectivity index (χ3v) is 6.72. The number of halogens is 2. The Balaban J connectivity index is 1.93. The molecule has 0 aliphatic carbocycles. The Kier molecular flexibility index (Phi) is 5.22. The van der Waals surface area contributed by atoms with Crippen molar-refractivity contribution in [3.63, 3.8) is 0 Å². The molecule has 1 saturated heterocycles. The molecule has 1 fully saturated rings. The van der Waals surface area contributed by atoms with Gasteiger partial charge in [0.15, 0.2) is 0 Å². The topological polar surface area (TPSA) is 126 Å². The molecule has 0 radical (unpaired) electrons. The highest BCUT2D eigenvalue weighted by molar-refractivity contribution is 7.89. The van der Waals surface area contributed by atoms with Gasteiger partial charge in [0.1, 0.15) is 11.6 Å². The number of carbonyl (C=O) groups excluding carboxylic acids is 1. The van der Waals surface area contributed by atoms with Crippen LogP contribution in [-0.2, 0) is 15.6 Å². The van der Waals surface area contributed by atoms with Gasteiger partial charge in [-0.15, -0.1) is 0 Å². The second-order valence-corrected chi connectivity index (χ2v) is 8.98. The first-order chi connectivity index (χ1) is 14.0. The normalized spacial score (nSPS) is 20.2. The zero-order valence-corrected chi connectivity index (χ0v) is 16.8. The van der Waals surface area contributed by atoms with Gasteiger partial charge in [0.05, 0.1) is 28.5 Å². The zero-order valence-electron chi connectivity index (χ0n) is 16.0. The second-order valence-electron chi connectivity index (χ2n) is 6.98. The molecule has 30 heavy (non-hydrogen) atoms. The Morgan fingerprint density at radius 2 is 1.97 bits per heavy atom. The maximum atomic E-state index is 14.6. The summed E-state index contributed by atoms with van der Waals surface area (Å²) in [5.41, 5.74) is -1.70. The quantitative estimate of drug-likeness (QED) is 0.683. The summed E-state index contributed by atoms with van der Waals surface area (Å²) in [5.74, 6) is -3.39. The second kappa shape index (κ2) is 7.38. The van der Waals surface area contributed by atoms with Gasteiger partial charge in [-0.3, -0.25) is 10.2 Å². The molecule has 3 rings (SSSR count). The van der Waals surface area contributed by atoms with Crippen LogP contribution in [0.15, 0.2) is 36.4 Å². The first-order valence-electron chi connectivity index (χ1n) is 8.61. The molecule has 8 nitrogen and oxygen atoms in total. The van der Waals surface area contributed by atoms with Crippen molar-refractivity contribution in [1.29, 1.82) is 10.7 Å². The fraction of sp³-hybridized carbons (Fsp3) is 0.211. The van der Waals surface area contributed by atoms with Crippen LogP contribution < -0.4 is 10.6 Å². The highest BCUT2D eigenvalue weighted by atomic mass is 32.2. The van der Waals surface area contributed by atoms with E-state index in [-0.39, 0.29) is 22.4 Å². The van der Waals surface area contributed by atoms with E-state index in [4.69, 9.17) is 10.7 Å². The Labute approximate surface area is 171 Å². The molecule has 2 aromatic rings. The third-order valence-electron chi connectivity index (χ3n) is 4.76. The van der Waals surface area contributed by atoms with Crippen molar-refractivity contribution in [3.8, 4) is 6.07 Å². The zero-order chi connectivity index (χ0) is 22.3. The number of guanidine groups is 1. The van der Waals surface area contributed by atoms with Crippen molar-refractivity contribution in [2.24, 2.45) is 0 Å². The molecule has 0 aromatic heterocycles. The first kappa shape index (κ1) is 21.2. The highest BCUT2D eigenvalue weighted by Gasteiger charge is 2.43. The first-order valence-corrected chi connectivity index (χ1v) is 10.2. The molecular weight excluding hydrogens is 416 g/mol. The van der Waals surface area contributed by atoms with E-state index in [1.165, 1.54) is 32.2 Å². The number of nitrogens with one attached hydrogen (secondary N) is 3. The Morgan fingerprint density at radius 1 is 1.27 bits per heavy atom. The lowest BCUT2D eigenvalue weighted by atomic mass is 9.93. The molecule has 1 heterocycles. The van der Waals surface area contributed by atoms with Crippen LogP contribution in [0, 0.1) is 28.4 Å². The van der Waals surface area contributed by atoms with E-state index in [0.717, 1.165) is 22.5 Å². The minimum Gasteiger partial charge on any atom is -0.345 e. The minimum atomic E-state index is -3.86. The molecule has 11 heteroatoms. The molecule has 3 N–H and O–H groups in total. The van der Waals surface area contributed by atoms with Gasteiger partial charge in [-0.25, -0.2) is 21.5 Å². The molecule has 1 aliphatic heterocycles. The molecule has 0 saturated carbocycles. The number of hydrogen-bond acceptors (Lipinski definition) is 5. The minimum absolute atomic E-state index is 0.0537. The van der Waals surface area contributed by atoms with Gasteiger partial charge >= 0.3 is 0 Å². The van der Waals surface area contributed by atoms with E-state index in [1.807, 2.05) is 0 Å².